The average molecular weight is 481 g/mol. The summed E-state index contributed by atoms with van der Waals surface area (Å²) in [5.74, 6) is 0.383. The summed E-state index contributed by atoms with van der Waals surface area (Å²) in [6, 6.07) is 9.53. The maximum Gasteiger partial charge on any atom is 0.319 e. The molecule has 2 aromatic rings. The van der Waals surface area contributed by atoms with Crippen molar-refractivity contribution in [3.8, 4) is 11.5 Å². The number of anilines is 1. The lowest BCUT2D eigenvalue weighted by Gasteiger charge is -2.29. The van der Waals surface area contributed by atoms with Crippen LogP contribution in [0.1, 0.15) is 18.5 Å². The summed E-state index contributed by atoms with van der Waals surface area (Å²) in [7, 11) is 2.96. The minimum atomic E-state index is -0.614. The maximum atomic E-state index is 13.2. The normalized spacial score (nSPS) is 16.0. The number of carbonyl (C=O) groups excluding carboxylic acids is 2. The molecule has 0 aromatic heterocycles. The Morgan fingerprint density at radius 3 is 2.41 bits per heavy atom. The number of amides is 3. The number of benzene rings is 2. The lowest BCUT2D eigenvalue weighted by atomic mass is 9.95. The molecule has 3 amide bonds. The first-order valence-electron chi connectivity index (χ1n) is 8.60. The largest absolute Gasteiger partial charge is 0.495 e. The molecule has 1 aliphatic rings. The van der Waals surface area contributed by atoms with Crippen molar-refractivity contribution in [3.63, 3.8) is 0 Å². The number of hydrogen-bond donors (Lipinski definition) is 3. The number of halogens is 2. The molecule has 3 N–H and O–H groups in total. The average Bonchev–Trinajstić information content (AvgIpc) is 2.68. The van der Waals surface area contributed by atoms with Gasteiger partial charge in [0.1, 0.15) is 11.5 Å². The van der Waals surface area contributed by atoms with Crippen LogP contribution < -0.4 is 25.4 Å². The highest BCUT2D eigenvalue weighted by atomic mass is 79.9. The monoisotopic (exact) mass is 479 g/mol. The summed E-state index contributed by atoms with van der Waals surface area (Å²) in [4.78, 5) is 25.2. The second-order valence-electron chi connectivity index (χ2n) is 6.26. The quantitative estimate of drug-likeness (QED) is 0.592. The number of hydrogen-bond acceptors (Lipinski definition) is 4. The summed E-state index contributed by atoms with van der Waals surface area (Å²) in [5, 5.41) is 8.64. The third-order valence-electron chi connectivity index (χ3n) is 4.44. The minimum absolute atomic E-state index is 0.358. The van der Waals surface area contributed by atoms with Crippen molar-refractivity contribution in [2.24, 2.45) is 0 Å². The fraction of sp³-hybridized carbons (Fsp3) is 0.200. The second kappa shape index (κ2) is 8.75. The molecule has 0 spiro atoms. The van der Waals surface area contributed by atoms with Gasteiger partial charge >= 0.3 is 6.03 Å². The van der Waals surface area contributed by atoms with E-state index in [1.807, 2.05) is 24.3 Å². The molecule has 1 heterocycles. The van der Waals surface area contributed by atoms with Gasteiger partial charge in [-0.1, -0.05) is 39.7 Å². The number of allylic oxidation sites excluding steroid dienone is 1. The van der Waals surface area contributed by atoms with Gasteiger partial charge < -0.3 is 25.4 Å². The molecule has 29 heavy (non-hydrogen) atoms. The molecule has 3 rings (SSSR count). The fourth-order valence-corrected chi connectivity index (χ4v) is 3.54. The summed E-state index contributed by atoms with van der Waals surface area (Å²) < 4.78 is 11.4. The van der Waals surface area contributed by atoms with Crippen LogP contribution in [0.25, 0.3) is 0 Å². The first kappa shape index (κ1) is 21.0. The van der Waals surface area contributed by atoms with Gasteiger partial charge in [0, 0.05) is 22.3 Å². The Bertz CT molecular complexity index is 992. The van der Waals surface area contributed by atoms with Gasteiger partial charge in [-0.25, -0.2) is 4.79 Å². The van der Waals surface area contributed by atoms with Crippen LogP contribution in [0.4, 0.5) is 10.5 Å². The zero-order chi connectivity index (χ0) is 21.1. The molecule has 0 saturated heterocycles. The number of rotatable bonds is 5. The van der Waals surface area contributed by atoms with Gasteiger partial charge in [0.2, 0.25) is 0 Å². The van der Waals surface area contributed by atoms with E-state index in [1.54, 1.807) is 19.1 Å². The smallest absolute Gasteiger partial charge is 0.319 e. The van der Waals surface area contributed by atoms with Crippen LogP contribution in [0, 0.1) is 0 Å². The highest BCUT2D eigenvalue weighted by Gasteiger charge is 2.31. The molecule has 2 aromatic carbocycles. The number of ether oxygens (including phenoxy) is 2. The van der Waals surface area contributed by atoms with Gasteiger partial charge in [0.05, 0.1) is 36.5 Å². The van der Waals surface area contributed by atoms with E-state index in [0.29, 0.717) is 33.5 Å². The molecular weight excluding hydrogens is 462 g/mol. The summed E-state index contributed by atoms with van der Waals surface area (Å²) in [5.41, 5.74) is 2.00. The standard InChI is InChI=1S/C20H19BrClN3O4/c1-10-17(18(25-20(27)23-10)11-4-6-12(21)7-5-11)19(26)24-14-9-15(28-2)13(22)8-16(14)29-3/h4-9,18H,1-3H3,(H,24,26)(H2,23,25,27). The van der Waals surface area contributed by atoms with Gasteiger partial charge in [-0.2, -0.15) is 0 Å². The van der Waals surface area contributed by atoms with E-state index in [-0.39, 0.29) is 6.03 Å². The van der Waals surface area contributed by atoms with Gasteiger partial charge in [-0.15, -0.1) is 0 Å². The van der Waals surface area contributed by atoms with Crippen LogP contribution in [0.5, 0.6) is 11.5 Å². The Kier molecular flexibility index (Phi) is 6.34. The Hall–Kier alpha value is -2.71. The van der Waals surface area contributed by atoms with E-state index < -0.39 is 11.9 Å². The lowest BCUT2D eigenvalue weighted by Crippen LogP contribution is -2.45. The molecule has 0 aliphatic carbocycles. The van der Waals surface area contributed by atoms with Crippen molar-refractivity contribution in [3.05, 3.63) is 62.7 Å². The number of urea groups is 1. The van der Waals surface area contributed by atoms with Crippen molar-refractivity contribution in [2.75, 3.05) is 19.5 Å². The van der Waals surface area contributed by atoms with E-state index in [4.69, 9.17) is 21.1 Å². The van der Waals surface area contributed by atoms with Crippen LogP contribution in [0.15, 0.2) is 52.1 Å². The summed E-state index contributed by atoms with van der Waals surface area (Å²) >= 11 is 9.52. The first-order chi connectivity index (χ1) is 13.8. The third-order valence-corrected chi connectivity index (χ3v) is 5.26. The van der Waals surface area contributed by atoms with E-state index in [9.17, 15) is 9.59 Å². The molecule has 1 aliphatic heterocycles. The van der Waals surface area contributed by atoms with Crippen LogP contribution in [0.3, 0.4) is 0 Å². The Labute approximate surface area is 181 Å². The van der Waals surface area contributed by atoms with Crippen molar-refractivity contribution in [2.45, 2.75) is 13.0 Å². The number of carbonyl (C=O) groups is 2. The zero-order valence-corrected chi connectivity index (χ0v) is 18.3. The number of nitrogens with one attached hydrogen (secondary N) is 3. The van der Waals surface area contributed by atoms with Gasteiger partial charge in [-0.05, 0) is 24.6 Å². The summed E-state index contributed by atoms with van der Waals surface area (Å²) in [6.45, 7) is 1.68. The third kappa shape index (κ3) is 4.49. The van der Waals surface area contributed by atoms with Crippen molar-refractivity contribution >= 4 is 45.2 Å². The zero-order valence-electron chi connectivity index (χ0n) is 15.9. The molecule has 0 fully saturated rings. The van der Waals surface area contributed by atoms with Gasteiger partial charge in [-0.3, -0.25) is 4.79 Å². The fourth-order valence-electron chi connectivity index (χ4n) is 3.05. The van der Waals surface area contributed by atoms with E-state index in [2.05, 4.69) is 31.9 Å². The predicted octanol–water partition coefficient (Wildman–Crippen LogP) is 4.39. The van der Waals surface area contributed by atoms with Crippen LogP contribution in [0.2, 0.25) is 5.02 Å². The Balaban J connectivity index is 1.98. The predicted molar refractivity (Wildman–Crippen MR) is 114 cm³/mol. The Morgan fingerprint density at radius 2 is 1.79 bits per heavy atom. The summed E-state index contributed by atoms with van der Waals surface area (Å²) in [6.07, 6.45) is 0. The molecule has 9 heteroatoms. The molecule has 0 saturated carbocycles. The van der Waals surface area contributed by atoms with Crippen LogP contribution in [-0.2, 0) is 4.79 Å². The number of methoxy groups -OCH3 is 2. The van der Waals surface area contributed by atoms with E-state index >= 15 is 0 Å². The molecular formula is C20H19BrClN3O4. The highest BCUT2D eigenvalue weighted by molar-refractivity contribution is 9.10. The molecule has 1 unspecified atom stereocenters. The van der Waals surface area contributed by atoms with Crippen LogP contribution in [-0.4, -0.2) is 26.2 Å². The molecule has 0 bridgehead atoms. The van der Waals surface area contributed by atoms with Crippen molar-refractivity contribution in [1.29, 1.82) is 0 Å². The minimum Gasteiger partial charge on any atom is -0.495 e. The molecule has 0 radical (unpaired) electrons. The first-order valence-corrected chi connectivity index (χ1v) is 9.77. The van der Waals surface area contributed by atoms with Crippen molar-refractivity contribution in [1.82, 2.24) is 10.6 Å². The van der Waals surface area contributed by atoms with E-state index in [1.165, 1.54) is 14.2 Å². The lowest BCUT2D eigenvalue weighted by molar-refractivity contribution is -0.113. The topological polar surface area (TPSA) is 88.7 Å². The molecule has 152 valence electrons. The van der Waals surface area contributed by atoms with Crippen molar-refractivity contribution < 1.29 is 19.1 Å². The SMILES string of the molecule is COc1cc(NC(=O)C2=C(C)NC(=O)NC2c2ccc(Br)cc2)c(OC)cc1Cl. The Morgan fingerprint density at radius 1 is 1.14 bits per heavy atom. The molecule has 7 nitrogen and oxygen atoms in total. The maximum absolute atomic E-state index is 13.2. The highest BCUT2D eigenvalue weighted by Crippen LogP contribution is 2.37. The van der Waals surface area contributed by atoms with Gasteiger partial charge in [0.25, 0.3) is 5.91 Å². The second-order valence-corrected chi connectivity index (χ2v) is 7.59. The van der Waals surface area contributed by atoms with Crippen LogP contribution >= 0.6 is 27.5 Å². The molecule has 1 atom stereocenters. The van der Waals surface area contributed by atoms with E-state index in [0.717, 1.165) is 10.0 Å². The van der Waals surface area contributed by atoms with Gasteiger partial charge in [0.15, 0.2) is 0 Å².